The molecule has 0 saturated carbocycles. The zero-order valence-electron chi connectivity index (χ0n) is 12.2. The maximum Gasteiger partial charge on any atom is 0.324 e. The van der Waals surface area contributed by atoms with Crippen molar-refractivity contribution in [2.24, 2.45) is 5.92 Å². The second kappa shape index (κ2) is 5.33. The van der Waals surface area contributed by atoms with Gasteiger partial charge in [-0.05, 0) is 32.3 Å². The van der Waals surface area contributed by atoms with Crippen LogP contribution < -0.4 is 0 Å². The van der Waals surface area contributed by atoms with Crippen LogP contribution in [-0.2, 0) is 16.1 Å². The summed E-state index contributed by atoms with van der Waals surface area (Å²) in [5.74, 6) is 0.278. The number of esters is 1. The second-order valence-electron chi connectivity index (χ2n) is 6.37. The zero-order chi connectivity index (χ0) is 14.0. The minimum atomic E-state index is -0.412. The van der Waals surface area contributed by atoms with E-state index in [2.05, 4.69) is 24.0 Å². The summed E-state index contributed by atoms with van der Waals surface area (Å²) in [6.45, 7) is 9.62. The fraction of sp³-hybridized carbons (Fsp3) is 0.562. The van der Waals surface area contributed by atoms with Crippen LogP contribution in [0.4, 0.5) is 0 Å². The van der Waals surface area contributed by atoms with E-state index in [0.717, 1.165) is 13.1 Å². The molecule has 1 saturated heterocycles. The minimum absolute atomic E-state index is 0.0952. The monoisotopic (exact) mass is 261 g/mol. The summed E-state index contributed by atoms with van der Waals surface area (Å²) < 4.78 is 5.50. The lowest BCUT2D eigenvalue weighted by atomic mass is 9.89. The largest absolute Gasteiger partial charge is 0.459 e. The molecule has 0 aliphatic carbocycles. The molecule has 0 radical (unpaired) electrons. The van der Waals surface area contributed by atoms with Gasteiger partial charge in [0.25, 0.3) is 0 Å². The van der Waals surface area contributed by atoms with Crippen molar-refractivity contribution >= 4 is 5.97 Å². The van der Waals surface area contributed by atoms with Crippen molar-refractivity contribution in [1.29, 1.82) is 0 Å². The number of rotatable bonds is 3. The van der Waals surface area contributed by atoms with Gasteiger partial charge in [0.2, 0.25) is 0 Å². The van der Waals surface area contributed by atoms with E-state index in [0.29, 0.717) is 5.92 Å². The Morgan fingerprint density at radius 1 is 1.32 bits per heavy atom. The van der Waals surface area contributed by atoms with Gasteiger partial charge in [0, 0.05) is 13.1 Å². The first-order valence-corrected chi connectivity index (χ1v) is 6.87. The standard InChI is InChI=1S/C16H23NO2/c1-12-10-17(11-13-8-6-5-7-9-13)14(12)15(18)19-16(2,3)4/h5-9,12,14H,10-11H2,1-4H3/t12-,14-/m0/s1. The molecule has 0 N–H and O–H groups in total. The van der Waals surface area contributed by atoms with E-state index in [1.807, 2.05) is 39.0 Å². The summed E-state index contributed by atoms with van der Waals surface area (Å²) in [6, 6.07) is 10.2. The molecule has 0 spiro atoms. The molecule has 1 aromatic carbocycles. The molecule has 3 nitrogen and oxygen atoms in total. The fourth-order valence-corrected chi connectivity index (χ4v) is 2.53. The van der Waals surface area contributed by atoms with Gasteiger partial charge in [-0.1, -0.05) is 37.3 Å². The molecule has 0 unspecified atom stereocenters. The molecule has 0 aromatic heterocycles. The Kier molecular flexibility index (Phi) is 3.95. The Morgan fingerprint density at radius 3 is 2.47 bits per heavy atom. The van der Waals surface area contributed by atoms with Crippen LogP contribution in [0.2, 0.25) is 0 Å². The highest BCUT2D eigenvalue weighted by Crippen LogP contribution is 2.28. The number of carbonyl (C=O) groups excluding carboxylic acids is 1. The Balaban J connectivity index is 1.98. The summed E-state index contributed by atoms with van der Waals surface area (Å²) in [5.41, 5.74) is 0.827. The Morgan fingerprint density at radius 2 is 1.95 bits per heavy atom. The summed E-state index contributed by atoms with van der Waals surface area (Å²) >= 11 is 0. The lowest BCUT2D eigenvalue weighted by Crippen LogP contribution is -2.59. The van der Waals surface area contributed by atoms with Gasteiger partial charge >= 0.3 is 5.97 Å². The molecule has 1 aromatic rings. The maximum atomic E-state index is 12.2. The van der Waals surface area contributed by atoms with Crippen LogP contribution in [-0.4, -0.2) is 29.1 Å². The van der Waals surface area contributed by atoms with Gasteiger partial charge in [-0.3, -0.25) is 9.69 Å². The average molecular weight is 261 g/mol. The van der Waals surface area contributed by atoms with Crippen molar-refractivity contribution in [3.63, 3.8) is 0 Å². The van der Waals surface area contributed by atoms with Crippen LogP contribution in [0.1, 0.15) is 33.3 Å². The van der Waals surface area contributed by atoms with Gasteiger partial charge in [-0.2, -0.15) is 0 Å². The Labute approximate surface area is 115 Å². The molecular weight excluding hydrogens is 238 g/mol. The third kappa shape index (κ3) is 3.57. The first-order valence-electron chi connectivity index (χ1n) is 6.87. The van der Waals surface area contributed by atoms with E-state index < -0.39 is 5.60 Å². The number of ether oxygens (including phenoxy) is 1. The molecule has 0 amide bonds. The van der Waals surface area contributed by atoms with Crippen molar-refractivity contribution < 1.29 is 9.53 Å². The molecule has 2 rings (SSSR count). The number of hydrogen-bond acceptors (Lipinski definition) is 3. The van der Waals surface area contributed by atoms with E-state index >= 15 is 0 Å². The molecule has 0 bridgehead atoms. The summed E-state index contributed by atoms with van der Waals surface area (Å²) in [4.78, 5) is 14.4. The van der Waals surface area contributed by atoms with Crippen LogP contribution in [0.5, 0.6) is 0 Å². The first kappa shape index (κ1) is 14.1. The van der Waals surface area contributed by atoms with Crippen molar-refractivity contribution in [3.05, 3.63) is 35.9 Å². The van der Waals surface area contributed by atoms with E-state index in [1.54, 1.807) is 0 Å². The third-order valence-corrected chi connectivity index (χ3v) is 3.33. The van der Waals surface area contributed by atoms with Crippen LogP contribution in [0, 0.1) is 5.92 Å². The van der Waals surface area contributed by atoms with E-state index in [1.165, 1.54) is 5.56 Å². The fourth-order valence-electron chi connectivity index (χ4n) is 2.53. The molecule has 1 fully saturated rings. The molecule has 104 valence electrons. The molecule has 1 aliphatic heterocycles. The molecule has 2 atom stereocenters. The van der Waals surface area contributed by atoms with E-state index in [4.69, 9.17) is 4.74 Å². The van der Waals surface area contributed by atoms with Crippen LogP contribution >= 0.6 is 0 Å². The van der Waals surface area contributed by atoms with Gasteiger partial charge in [0.15, 0.2) is 0 Å². The topological polar surface area (TPSA) is 29.5 Å². The van der Waals surface area contributed by atoms with Gasteiger partial charge < -0.3 is 4.74 Å². The predicted octanol–water partition coefficient (Wildman–Crippen LogP) is 2.85. The van der Waals surface area contributed by atoms with Gasteiger partial charge in [-0.15, -0.1) is 0 Å². The second-order valence-corrected chi connectivity index (χ2v) is 6.37. The highest BCUT2D eigenvalue weighted by atomic mass is 16.6. The molecule has 1 aliphatic rings. The van der Waals surface area contributed by atoms with Crippen molar-refractivity contribution in [2.45, 2.75) is 45.9 Å². The van der Waals surface area contributed by atoms with Gasteiger partial charge in [0.1, 0.15) is 11.6 Å². The molecule has 3 heteroatoms. The Bertz CT molecular complexity index is 436. The van der Waals surface area contributed by atoms with Gasteiger partial charge in [0.05, 0.1) is 0 Å². The number of benzene rings is 1. The van der Waals surface area contributed by atoms with Crippen molar-refractivity contribution in [2.75, 3.05) is 6.54 Å². The number of hydrogen-bond donors (Lipinski definition) is 0. The summed E-state index contributed by atoms with van der Waals surface area (Å²) in [6.07, 6.45) is 0. The first-order chi connectivity index (χ1) is 8.87. The highest BCUT2D eigenvalue weighted by Gasteiger charge is 2.43. The van der Waals surface area contributed by atoms with Crippen LogP contribution in [0.3, 0.4) is 0 Å². The van der Waals surface area contributed by atoms with Crippen molar-refractivity contribution in [3.8, 4) is 0 Å². The summed E-state index contributed by atoms with van der Waals surface area (Å²) in [7, 11) is 0. The lowest BCUT2D eigenvalue weighted by molar-refractivity contribution is -0.171. The molecule has 1 heterocycles. The highest BCUT2D eigenvalue weighted by molar-refractivity contribution is 5.77. The average Bonchev–Trinajstić information content (AvgIpc) is 2.26. The number of carbonyl (C=O) groups is 1. The van der Waals surface area contributed by atoms with Gasteiger partial charge in [-0.25, -0.2) is 0 Å². The maximum absolute atomic E-state index is 12.2. The van der Waals surface area contributed by atoms with Crippen molar-refractivity contribution in [1.82, 2.24) is 4.90 Å². The predicted molar refractivity (Wildman–Crippen MR) is 75.6 cm³/mol. The van der Waals surface area contributed by atoms with E-state index in [9.17, 15) is 4.79 Å². The summed E-state index contributed by atoms with van der Waals surface area (Å²) in [5, 5.41) is 0. The Hall–Kier alpha value is -1.35. The zero-order valence-corrected chi connectivity index (χ0v) is 12.2. The quantitative estimate of drug-likeness (QED) is 0.784. The number of likely N-dealkylation sites (tertiary alicyclic amines) is 1. The van der Waals surface area contributed by atoms with E-state index in [-0.39, 0.29) is 12.0 Å². The molecular formula is C16H23NO2. The number of nitrogens with zero attached hydrogens (tertiary/aromatic N) is 1. The van der Waals surface area contributed by atoms with Crippen LogP contribution in [0.25, 0.3) is 0 Å². The molecule has 19 heavy (non-hydrogen) atoms. The normalized spacial score (nSPS) is 23.8. The lowest BCUT2D eigenvalue weighted by Gasteiger charge is -2.45. The third-order valence-electron chi connectivity index (χ3n) is 3.33. The smallest absolute Gasteiger partial charge is 0.324 e. The van der Waals surface area contributed by atoms with Crippen LogP contribution in [0.15, 0.2) is 30.3 Å². The SMILES string of the molecule is C[C@H]1CN(Cc2ccccc2)[C@@H]1C(=O)OC(C)(C)C. The minimum Gasteiger partial charge on any atom is -0.459 e.